The van der Waals surface area contributed by atoms with Gasteiger partial charge in [-0.2, -0.15) is 13.2 Å². The van der Waals surface area contributed by atoms with E-state index in [4.69, 9.17) is 4.74 Å². The second kappa shape index (κ2) is 10.5. The molecule has 0 amide bonds. The highest BCUT2D eigenvalue weighted by atomic mass is 32.2. The van der Waals surface area contributed by atoms with Gasteiger partial charge in [-0.15, -0.1) is 0 Å². The molecule has 1 fully saturated rings. The molecule has 0 saturated carbocycles. The zero-order chi connectivity index (χ0) is 25.0. The third-order valence-electron chi connectivity index (χ3n) is 5.34. The lowest BCUT2D eigenvalue weighted by atomic mass is 10.1. The molecule has 1 aliphatic rings. The molecule has 3 heterocycles. The normalized spacial score (nSPS) is 14.7. The quantitative estimate of drug-likeness (QED) is 0.429. The van der Waals surface area contributed by atoms with E-state index in [9.17, 15) is 17.7 Å². The summed E-state index contributed by atoms with van der Waals surface area (Å²) in [5.41, 5.74) is 1.73. The van der Waals surface area contributed by atoms with Crippen molar-refractivity contribution in [3.63, 3.8) is 0 Å². The van der Waals surface area contributed by atoms with Gasteiger partial charge in [0.05, 0.1) is 30.2 Å². The summed E-state index contributed by atoms with van der Waals surface area (Å²) < 4.78 is 60.9. The van der Waals surface area contributed by atoms with E-state index in [0.717, 1.165) is 17.6 Å². The van der Waals surface area contributed by atoms with Gasteiger partial charge in [-0.1, -0.05) is 24.0 Å². The first-order valence-corrected chi connectivity index (χ1v) is 11.9. The average Bonchev–Trinajstić information content (AvgIpc) is 2.85. The number of alkyl halides is 3. The number of hydrogen-bond donors (Lipinski definition) is 1. The van der Waals surface area contributed by atoms with Crippen LogP contribution in [-0.2, 0) is 22.3 Å². The van der Waals surface area contributed by atoms with Gasteiger partial charge in [-0.25, -0.2) is 14.7 Å². The van der Waals surface area contributed by atoms with E-state index >= 15 is 0 Å². The van der Waals surface area contributed by atoms with Crippen LogP contribution in [0.3, 0.4) is 0 Å². The monoisotopic (exact) mass is 501 g/mol. The minimum absolute atomic E-state index is 0.321. The number of nitrogens with zero attached hydrogens (tertiary/aromatic N) is 4. The van der Waals surface area contributed by atoms with E-state index in [1.165, 1.54) is 24.5 Å². The number of morpholine rings is 1. The summed E-state index contributed by atoms with van der Waals surface area (Å²) in [4.78, 5) is 14.6. The lowest BCUT2D eigenvalue weighted by Gasteiger charge is -2.28. The SMILES string of the molecule is Cc1ncc(C#Cc2c(C)ncnc2N2CCOCC2)cc1N[S+]([O-])c1ccccc1C(F)(F)F. The van der Waals surface area contributed by atoms with Gasteiger partial charge >= 0.3 is 6.18 Å². The molecule has 182 valence electrons. The van der Waals surface area contributed by atoms with Gasteiger partial charge in [0.1, 0.15) is 34.8 Å². The number of pyridine rings is 1. The first kappa shape index (κ1) is 24.8. The van der Waals surface area contributed by atoms with Gasteiger partial charge in [0.25, 0.3) is 0 Å². The Balaban J connectivity index is 1.61. The van der Waals surface area contributed by atoms with Crippen molar-refractivity contribution in [2.45, 2.75) is 24.9 Å². The lowest BCUT2D eigenvalue weighted by molar-refractivity contribution is -0.139. The number of nitrogens with one attached hydrogen (secondary N) is 1. The summed E-state index contributed by atoms with van der Waals surface area (Å²) in [5, 5.41) is 0. The van der Waals surface area contributed by atoms with Crippen LogP contribution in [0.25, 0.3) is 0 Å². The van der Waals surface area contributed by atoms with Gasteiger partial charge < -0.3 is 14.2 Å². The third-order valence-corrected chi connectivity index (χ3v) is 6.50. The maximum Gasteiger partial charge on any atom is 0.421 e. The summed E-state index contributed by atoms with van der Waals surface area (Å²) in [5.74, 6) is 6.85. The molecule has 0 radical (unpaired) electrons. The van der Waals surface area contributed by atoms with Crippen LogP contribution in [0.4, 0.5) is 24.7 Å². The second-order valence-electron chi connectivity index (χ2n) is 7.73. The Kier molecular flexibility index (Phi) is 7.45. The summed E-state index contributed by atoms with van der Waals surface area (Å²) in [6.07, 6.45) is -1.58. The fourth-order valence-corrected chi connectivity index (χ4v) is 4.58. The van der Waals surface area contributed by atoms with Crippen LogP contribution in [0, 0.1) is 25.7 Å². The van der Waals surface area contributed by atoms with Crippen molar-refractivity contribution in [2.24, 2.45) is 0 Å². The average molecular weight is 502 g/mol. The first-order valence-electron chi connectivity index (χ1n) is 10.7. The maximum atomic E-state index is 13.3. The molecule has 0 aliphatic carbocycles. The molecule has 35 heavy (non-hydrogen) atoms. The van der Waals surface area contributed by atoms with Gasteiger partial charge in [0, 0.05) is 24.8 Å². The predicted molar refractivity (Wildman–Crippen MR) is 126 cm³/mol. The molecule has 4 rings (SSSR count). The second-order valence-corrected chi connectivity index (χ2v) is 8.91. The summed E-state index contributed by atoms with van der Waals surface area (Å²) in [7, 11) is 0. The van der Waals surface area contributed by atoms with Crippen molar-refractivity contribution in [3.05, 3.63) is 70.9 Å². The largest absolute Gasteiger partial charge is 0.588 e. The number of aromatic nitrogens is 3. The summed E-state index contributed by atoms with van der Waals surface area (Å²) in [6, 6.07) is 6.36. The predicted octanol–water partition coefficient (Wildman–Crippen LogP) is 3.88. The van der Waals surface area contributed by atoms with Gasteiger partial charge in [0.2, 0.25) is 0 Å². The van der Waals surface area contributed by atoms with Crippen molar-refractivity contribution in [3.8, 4) is 11.8 Å². The van der Waals surface area contributed by atoms with Crippen LogP contribution < -0.4 is 9.62 Å². The van der Waals surface area contributed by atoms with E-state index in [2.05, 4.69) is 36.4 Å². The number of rotatable bonds is 4. The molecule has 1 aliphatic heterocycles. The molecular weight excluding hydrogens is 479 g/mol. The first-order chi connectivity index (χ1) is 16.7. The molecule has 1 N–H and O–H groups in total. The van der Waals surface area contributed by atoms with Crippen LogP contribution in [0.2, 0.25) is 0 Å². The minimum atomic E-state index is -4.62. The molecule has 0 spiro atoms. The van der Waals surface area contributed by atoms with Crippen molar-refractivity contribution in [1.29, 1.82) is 0 Å². The number of benzene rings is 1. The lowest BCUT2D eigenvalue weighted by Crippen LogP contribution is -2.37. The molecule has 11 heteroatoms. The molecule has 1 saturated heterocycles. The van der Waals surface area contributed by atoms with E-state index < -0.39 is 23.1 Å². The Labute approximate surface area is 204 Å². The van der Waals surface area contributed by atoms with Gasteiger partial charge in [-0.3, -0.25) is 4.98 Å². The van der Waals surface area contributed by atoms with Crippen LogP contribution in [-0.4, -0.2) is 45.8 Å². The number of hydrogen-bond acceptors (Lipinski definition) is 7. The van der Waals surface area contributed by atoms with Crippen LogP contribution >= 0.6 is 0 Å². The smallest absolute Gasteiger partial charge is 0.421 e. The molecule has 1 atom stereocenters. The van der Waals surface area contributed by atoms with Crippen LogP contribution in [0.1, 0.15) is 28.1 Å². The number of halogens is 3. The number of ether oxygens (including phenoxy) is 1. The number of aryl methyl sites for hydroxylation is 2. The van der Waals surface area contributed by atoms with E-state index in [0.29, 0.717) is 48.8 Å². The van der Waals surface area contributed by atoms with Crippen LogP contribution in [0.15, 0.2) is 47.8 Å². The zero-order valence-electron chi connectivity index (χ0n) is 19.0. The van der Waals surface area contributed by atoms with Gasteiger partial charge in [-0.05, 0) is 32.0 Å². The molecule has 1 unspecified atom stereocenters. The Hall–Kier alpha value is -3.33. The third kappa shape index (κ3) is 5.85. The Morgan fingerprint density at radius 2 is 1.80 bits per heavy atom. The highest BCUT2D eigenvalue weighted by molar-refractivity contribution is 7.92. The zero-order valence-corrected chi connectivity index (χ0v) is 19.8. The molecule has 0 bridgehead atoms. The number of anilines is 2. The van der Waals surface area contributed by atoms with E-state index in [1.54, 1.807) is 19.2 Å². The molecule has 3 aromatic rings. The Morgan fingerprint density at radius 1 is 1.06 bits per heavy atom. The summed E-state index contributed by atoms with van der Waals surface area (Å²) >= 11 is -2.16. The van der Waals surface area contributed by atoms with Crippen molar-refractivity contribution >= 4 is 22.9 Å². The molecule has 1 aromatic carbocycles. The highest BCUT2D eigenvalue weighted by Crippen LogP contribution is 2.34. The Bertz CT molecular complexity index is 1270. The van der Waals surface area contributed by atoms with Crippen molar-refractivity contribution in [2.75, 3.05) is 35.9 Å². The minimum Gasteiger partial charge on any atom is -0.588 e. The topological polar surface area (TPSA) is 86.2 Å². The van der Waals surface area contributed by atoms with Crippen molar-refractivity contribution < 1.29 is 22.5 Å². The molecule has 7 nitrogen and oxygen atoms in total. The molecule has 2 aromatic heterocycles. The fraction of sp³-hybridized carbons (Fsp3) is 0.292. The van der Waals surface area contributed by atoms with Crippen molar-refractivity contribution in [1.82, 2.24) is 15.0 Å². The standard InChI is InChI=1S/C24H22F3N5O2S/c1-16-19(23(30-15-29-16)32-9-11-34-12-10-32)8-7-18-13-21(17(2)28-14-18)31-35(33)22-6-4-3-5-20(22)24(25,26)27/h3-6,13-15,31H,9-12H2,1-2H3. The van der Waals surface area contributed by atoms with E-state index in [1.807, 2.05) is 6.92 Å². The fourth-order valence-electron chi connectivity index (χ4n) is 3.48. The molecular formula is C24H22F3N5O2S. The summed E-state index contributed by atoms with van der Waals surface area (Å²) in [6.45, 7) is 6.09. The van der Waals surface area contributed by atoms with Gasteiger partial charge in [0.15, 0.2) is 4.90 Å². The maximum absolute atomic E-state index is 13.3. The highest BCUT2D eigenvalue weighted by Gasteiger charge is 2.37. The van der Waals surface area contributed by atoms with E-state index in [-0.39, 0.29) is 4.90 Å². The Morgan fingerprint density at radius 3 is 2.54 bits per heavy atom. The van der Waals surface area contributed by atoms with Crippen LogP contribution in [0.5, 0.6) is 0 Å².